The second-order valence-electron chi connectivity index (χ2n) is 2.38. The third kappa shape index (κ3) is 2.45. The van der Waals surface area contributed by atoms with E-state index in [9.17, 15) is 0 Å². The first kappa shape index (κ1) is 8.90. The summed E-state index contributed by atoms with van der Waals surface area (Å²) in [6.07, 6.45) is 1.62. The molecule has 0 amide bonds. The van der Waals surface area contributed by atoms with Crippen LogP contribution < -0.4 is 0 Å². The Morgan fingerprint density at radius 2 is 2.08 bits per heavy atom. The highest BCUT2D eigenvalue weighted by atomic mass is 35.5. The van der Waals surface area contributed by atoms with Crippen LogP contribution in [0.25, 0.3) is 0 Å². The summed E-state index contributed by atoms with van der Waals surface area (Å²) in [7, 11) is 0. The highest BCUT2D eigenvalue weighted by Crippen LogP contribution is 2.04. The zero-order valence-electron chi connectivity index (χ0n) is 6.84. The van der Waals surface area contributed by atoms with Crippen molar-refractivity contribution in [1.29, 1.82) is 0 Å². The lowest BCUT2D eigenvalue weighted by Crippen LogP contribution is -1.78. The van der Waals surface area contributed by atoms with Gasteiger partial charge in [-0.05, 0) is 24.6 Å². The summed E-state index contributed by atoms with van der Waals surface area (Å²) in [4.78, 5) is 0. The molecule has 0 aliphatic heterocycles. The van der Waals surface area contributed by atoms with Crippen LogP contribution in [0, 0.1) is 18.8 Å². The molecule has 0 saturated carbocycles. The number of hydrogen-bond donors (Lipinski definition) is 0. The van der Waals surface area contributed by atoms with Crippen LogP contribution in [0.4, 0.5) is 0 Å². The molecule has 1 heteroatoms. The smallest absolute Gasteiger partial charge is 0.0278 e. The fraction of sp³-hybridized carbons (Fsp3) is 0.0909. The molecular weight excluding hydrogens is 168 g/mol. The van der Waals surface area contributed by atoms with Crippen molar-refractivity contribution >= 4 is 11.6 Å². The quantitative estimate of drug-likeness (QED) is 0.533. The predicted octanol–water partition coefficient (Wildman–Crippen LogP) is 3.10. The maximum absolute atomic E-state index is 5.32. The van der Waals surface area contributed by atoms with E-state index >= 15 is 0 Å². The molecule has 0 nitrogen and oxygen atoms in total. The van der Waals surface area contributed by atoms with Crippen molar-refractivity contribution < 1.29 is 0 Å². The minimum atomic E-state index is 1.05. The molecule has 0 aromatic heterocycles. The molecule has 1 aromatic rings. The Bertz CT molecular complexity index is 340. The summed E-state index contributed by atoms with van der Waals surface area (Å²) < 4.78 is 0. The summed E-state index contributed by atoms with van der Waals surface area (Å²) in [6.45, 7) is 2.04. The lowest BCUT2D eigenvalue weighted by molar-refractivity contribution is 1.44. The van der Waals surface area contributed by atoms with Gasteiger partial charge in [0.15, 0.2) is 0 Å². The minimum Gasteiger partial charge on any atom is -0.0923 e. The van der Waals surface area contributed by atoms with Gasteiger partial charge in [-0.2, -0.15) is 0 Å². The molecule has 1 aromatic carbocycles. The van der Waals surface area contributed by atoms with E-state index in [4.69, 9.17) is 11.6 Å². The summed E-state index contributed by atoms with van der Waals surface area (Å²) in [5.74, 6) is 5.82. The van der Waals surface area contributed by atoms with E-state index < -0.39 is 0 Å². The molecule has 0 radical (unpaired) electrons. The third-order valence-electron chi connectivity index (χ3n) is 1.50. The lowest BCUT2D eigenvalue weighted by Gasteiger charge is -1.93. The van der Waals surface area contributed by atoms with Crippen molar-refractivity contribution in [2.45, 2.75) is 6.92 Å². The van der Waals surface area contributed by atoms with E-state index in [0.717, 1.165) is 5.56 Å². The molecule has 1 rings (SSSR count). The molecule has 0 unspecified atom stereocenters. The highest BCUT2D eigenvalue weighted by Gasteiger charge is 1.88. The SMILES string of the molecule is Cc1ccccc1C#C/C=C\Cl. The maximum Gasteiger partial charge on any atom is 0.0278 e. The normalized spacial score (nSPS) is 9.50. The summed E-state index contributed by atoms with van der Waals surface area (Å²) >= 11 is 5.32. The average molecular weight is 177 g/mol. The number of halogens is 1. The zero-order valence-corrected chi connectivity index (χ0v) is 7.60. The number of aryl methyl sites for hydroxylation is 1. The van der Waals surface area contributed by atoms with Crippen LogP contribution >= 0.6 is 11.6 Å². The number of hydrogen-bond acceptors (Lipinski definition) is 0. The second-order valence-corrected chi connectivity index (χ2v) is 2.63. The molecule has 12 heavy (non-hydrogen) atoms. The fourth-order valence-electron chi connectivity index (χ4n) is 0.864. The van der Waals surface area contributed by atoms with Crippen LogP contribution in [-0.4, -0.2) is 0 Å². The maximum atomic E-state index is 5.32. The molecular formula is C11H9Cl. The number of allylic oxidation sites excluding steroid dienone is 1. The molecule has 0 heterocycles. The van der Waals surface area contributed by atoms with E-state index in [1.807, 2.05) is 31.2 Å². The summed E-state index contributed by atoms with van der Waals surface area (Å²) in [5, 5.41) is 0. The van der Waals surface area contributed by atoms with Gasteiger partial charge in [-0.3, -0.25) is 0 Å². The van der Waals surface area contributed by atoms with E-state index in [-0.39, 0.29) is 0 Å². The van der Waals surface area contributed by atoms with Crippen LogP contribution in [-0.2, 0) is 0 Å². The van der Waals surface area contributed by atoms with E-state index in [1.165, 1.54) is 11.1 Å². The van der Waals surface area contributed by atoms with Gasteiger partial charge < -0.3 is 0 Å². The van der Waals surface area contributed by atoms with Crippen LogP contribution in [0.5, 0.6) is 0 Å². The topological polar surface area (TPSA) is 0 Å². The molecule has 0 fully saturated rings. The largest absolute Gasteiger partial charge is 0.0923 e. The van der Waals surface area contributed by atoms with Crippen molar-refractivity contribution in [2.24, 2.45) is 0 Å². The highest BCUT2D eigenvalue weighted by molar-refractivity contribution is 6.25. The Morgan fingerprint density at radius 3 is 2.75 bits per heavy atom. The summed E-state index contributed by atoms with van der Waals surface area (Å²) in [5.41, 5.74) is 3.64. The zero-order chi connectivity index (χ0) is 8.81. The Labute approximate surface area is 77.9 Å². The summed E-state index contributed by atoms with van der Waals surface area (Å²) in [6, 6.07) is 8.00. The van der Waals surface area contributed by atoms with Gasteiger partial charge in [0.2, 0.25) is 0 Å². The fourth-order valence-corrected chi connectivity index (χ4v) is 0.927. The first-order chi connectivity index (χ1) is 5.84. The first-order valence-corrected chi connectivity index (χ1v) is 4.10. The van der Waals surface area contributed by atoms with Gasteiger partial charge in [0.25, 0.3) is 0 Å². The molecule has 0 bridgehead atoms. The number of rotatable bonds is 0. The standard InChI is InChI=1S/C11H9Cl/c1-10-6-2-3-7-11(10)8-4-5-9-12/h2-3,5-7,9H,1H3/b9-5-. The molecule has 0 aliphatic rings. The van der Waals surface area contributed by atoms with Crippen molar-refractivity contribution in [2.75, 3.05) is 0 Å². The van der Waals surface area contributed by atoms with Crippen LogP contribution in [0.15, 0.2) is 35.9 Å². The van der Waals surface area contributed by atoms with Crippen LogP contribution in [0.3, 0.4) is 0 Å². The molecule has 0 atom stereocenters. The van der Waals surface area contributed by atoms with Crippen molar-refractivity contribution in [3.05, 3.63) is 47.0 Å². The molecule has 0 N–H and O–H groups in total. The first-order valence-electron chi connectivity index (χ1n) is 3.67. The second kappa shape index (κ2) is 4.64. The Kier molecular flexibility index (Phi) is 3.44. The van der Waals surface area contributed by atoms with Crippen LogP contribution in [0.1, 0.15) is 11.1 Å². The molecule has 0 saturated heterocycles. The third-order valence-corrected chi connectivity index (χ3v) is 1.62. The van der Waals surface area contributed by atoms with Gasteiger partial charge in [-0.1, -0.05) is 41.6 Å². The van der Waals surface area contributed by atoms with Gasteiger partial charge in [-0.15, -0.1) is 0 Å². The Morgan fingerprint density at radius 1 is 1.33 bits per heavy atom. The Hall–Kier alpha value is -1.19. The van der Waals surface area contributed by atoms with Crippen LogP contribution in [0.2, 0.25) is 0 Å². The van der Waals surface area contributed by atoms with Crippen molar-refractivity contribution in [1.82, 2.24) is 0 Å². The van der Waals surface area contributed by atoms with Crippen molar-refractivity contribution in [3.63, 3.8) is 0 Å². The Balaban J connectivity index is 2.91. The number of benzene rings is 1. The minimum absolute atomic E-state index is 1.05. The molecule has 0 spiro atoms. The predicted molar refractivity (Wildman–Crippen MR) is 53.1 cm³/mol. The molecule has 0 aliphatic carbocycles. The van der Waals surface area contributed by atoms with E-state index in [1.54, 1.807) is 6.08 Å². The average Bonchev–Trinajstić information content (AvgIpc) is 2.09. The van der Waals surface area contributed by atoms with Crippen molar-refractivity contribution in [3.8, 4) is 11.8 Å². The molecule has 60 valence electrons. The van der Waals surface area contributed by atoms with Gasteiger partial charge in [-0.25, -0.2) is 0 Å². The van der Waals surface area contributed by atoms with Gasteiger partial charge in [0.05, 0.1) is 0 Å². The van der Waals surface area contributed by atoms with Gasteiger partial charge in [0, 0.05) is 11.1 Å². The lowest BCUT2D eigenvalue weighted by atomic mass is 10.1. The van der Waals surface area contributed by atoms with E-state index in [2.05, 4.69) is 11.8 Å². The van der Waals surface area contributed by atoms with Gasteiger partial charge in [0.1, 0.15) is 0 Å². The van der Waals surface area contributed by atoms with Gasteiger partial charge >= 0.3 is 0 Å². The monoisotopic (exact) mass is 176 g/mol. The van der Waals surface area contributed by atoms with E-state index in [0.29, 0.717) is 0 Å².